The van der Waals surface area contributed by atoms with E-state index in [2.05, 4.69) is 25.2 Å². The maximum atomic E-state index is 6.15. The first-order valence-electron chi connectivity index (χ1n) is 6.41. The average molecular weight is 279 g/mol. The van der Waals surface area contributed by atoms with E-state index < -0.39 is 0 Å². The molecule has 3 heterocycles. The predicted octanol–water partition coefficient (Wildman–Crippen LogP) is 1.95. The first-order chi connectivity index (χ1) is 9.34. The zero-order valence-electron chi connectivity index (χ0n) is 10.5. The molecule has 19 heavy (non-hydrogen) atoms. The van der Waals surface area contributed by atoms with Crippen LogP contribution in [0.3, 0.4) is 0 Å². The highest BCUT2D eigenvalue weighted by molar-refractivity contribution is 6.32. The lowest BCUT2D eigenvalue weighted by atomic mass is 10.1. The molecule has 3 rings (SSSR count). The molecule has 1 aliphatic heterocycles. The van der Waals surface area contributed by atoms with Crippen molar-refractivity contribution in [3.63, 3.8) is 0 Å². The molecule has 1 unspecified atom stereocenters. The third-order valence-corrected chi connectivity index (χ3v) is 3.73. The molecule has 6 nitrogen and oxygen atoms in total. The van der Waals surface area contributed by atoms with Crippen LogP contribution < -0.4 is 4.90 Å². The van der Waals surface area contributed by atoms with Crippen molar-refractivity contribution < 1.29 is 0 Å². The van der Waals surface area contributed by atoms with Crippen LogP contribution in [0.25, 0.3) is 0 Å². The van der Waals surface area contributed by atoms with Gasteiger partial charge in [-0.05, 0) is 19.3 Å². The highest BCUT2D eigenvalue weighted by Crippen LogP contribution is 2.27. The van der Waals surface area contributed by atoms with Gasteiger partial charge in [-0.25, -0.2) is 14.6 Å². The number of hydrogen-bond acceptors (Lipinski definition) is 5. The molecular formula is C12H15ClN6. The number of aromatic nitrogens is 5. The van der Waals surface area contributed by atoms with Crippen molar-refractivity contribution in [1.29, 1.82) is 0 Å². The Balaban J connectivity index is 1.73. The lowest BCUT2D eigenvalue weighted by Gasteiger charge is -2.22. The fourth-order valence-electron chi connectivity index (χ4n) is 2.51. The number of nitrogens with zero attached hydrogens (tertiary/aromatic N) is 6. The lowest BCUT2D eigenvalue weighted by molar-refractivity contribution is 0.406. The molecule has 0 aliphatic carbocycles. The summed E-state index contributed by atoms with van der Waals surface area (Å²) in [6.45, 7) is 1.88. The third-order valence-electron chi connectivity index (χ3n) is 3.46. The molecule has 2 aromatic heterocycles. The van der Waals surface area contributed by atoms with Crippen molar-refractivity contribution in [2.45, 2.75) is 25.3 Å². The van der Waals surface area contributed by atoms with Gasteiger partial charge in [0.05, 0.1) is 18.4 Å². The molecule has 1 saturated heterocycles. The van der Waals surface area contributed by atoms with Gasteiger partial charge >= 0.3 is 0 Å². The summed E-state index contributed by atoms with van der Waals surface area (Å²) in [4.78, 5) is 10.4. The Kier molecular flexibility index (Phi) is 3.59. The Morgan fingerprint density at radius 1 is 1.26 bits per heavy atom. The molecule has 0 saturated carbocycles. The normalized spacial score (nSPS) is 20.3. The van der Waals surface area contributed by atoms with E-state index in [4.69, 9.17) is 11.6 Å². The van der Waals surface area contributed by atoms with Gasteiger partial charge in [-0.3, -0.25) is 0 Å². The SMILES string of the molecule is Clc1cncnc1N1CCCC(n2ccnn2)CC1. The fourth-order valence-corrected chi connectivity index (χ4v) is 2.73. The summed E-state index contributed by atoms with van der Waals surface area (Å²) >= 11 is 6.15. The van der Waals surface area contributed by atoms with Gasteiger partial charge in [0.1, 0.15) is 11.3 Å². The minimum absolute atomic E-state index is 0.410. The van der Waals surface area contributed by atoms with E-state index in [1.54, 1.807) is 18.7 Å². The first kappa shape index (κ1) is 12.3. The molecule has 0 spiro atoms. The van der Waals surface area contributed by atoms with Gasteiger partial charge in [0, 0.05) is 19.3 Å². The predicted molar refractivity (Wildman–Crippen MR) is 72.2 cm³/mol. The molecule has 0 aromatic carbocycles. The number of rotatable bonds is 2. The average Bonchev–Trinajstić information content (AvgIpc) is 2.85. The third kappa shape index (κ3) is 2.68. The molecule has 0 amide bonds. The summed E-state index contributed by atoms with van der Waals surface area (Å²) in [6, 6.07) is 0.410. The Morgan fingerprint density at radius 2 is 2.21 bits per heavy atom. The van der Waals surface area contributed by atoms with Crippen LogP contribution in [0.4, 0.5) is 5.82 Å². The smallest absolute Gasteiger partial charge is 0.150 e. The second-order valence-electron chi connectivity index (χ2n) is 4.65. The Bertz CT molecular complexity index is 529. The van der Waals surface area contributed by atoms with Crippen LogP contribution >= 0.6 is 11.6 Å². The summed E-state index contributed by atoms with van der Waals surface area (Å²) in [5.41, 5.74) is 0. The number of anilines is 1. The molecule has 2 aromatic rings. The molecule has 1 fully saturated rings. The van der Waals surface area contributed by atoms with Crippen molar-refractivity contribution in [3.8, 4) is 0 Å². The van der Waals surface area contributed by atoms with Crippen LogP contribution in [0.5, 0.6) is 0 Å². The Labute approximate surface area is 116 Å². The minimum Gasteiger partial charge on any atom is -0.355 e. The highest BCUT2D eigenvalue weighted by Gasteiger charge is 2.20. The van der Waals surface area contributed by atoms with Crippen molar-refractivity contribution in [1.82, 2.24) is 25.0 Å². The van der Waals surface area contributed by atoms with E-state index in [9.17, 15) is 0 Å². The van der Waals surface area contributed by atoms with Crippen LogP contribution in [-0.2, 0) is 0 Å². The minimum atomic E-state index is 0.410. The molecule has 100 valence electrons. The molecule has 1 aliphatic rings. The van der Waals surface area contributed by atoms with Crippen LogP contribution in [0.1, 0.15) is 25.3 Å². The van der Waals surface area contributed by atoms with Crippen LogP contribution in [-0.4, -0.2) is 38.1 Å². The van der Waals surface area contributed by atoms with E-state index in [0.717, 1.165) is 38.2 Å². The number of halogens is 1. The van der Waals surface area contributed by atoms with Crippen molar-refractivity contribution in [2.75, 3.05) is 18.0 Å². The van der Waals surface area contributed by atoms with Crippen molar-refractivity contribution >= 4 is 17.4 Å². The van der Waals surface area contributed by atoms with E-state index >= 15 is 0 Å². The zero-order valence-corrected chi connectivity index (χ0v) is 11.2. The summed E-state index contributed by atoms with van der Waals surface area (Å²) in [5, 5.41) is 8.58. The van der Waals surface area contributed by atoms with Crippen LogP contribution in [0.2, 0.25) is 5.02 Å². The highest BCUT2D eigenvalue weighted by atomic mass is 35.5. The van der Waals surface area contributed by atoms with Gasteiger partial charge in [0.2, 0.25) is 0 Å². The fraction of sp³-hybridized carbons (Fsp3) is 0.500. The van der Waals surface area contributed by atoms with Crippen LogP contribution in [0.15, 0.2) is 24.9 Å². The van der Waals surface area contributed by atoms with E-state index in [1.807, 2.05) is 10.9 Å². The maximum Gasteiger partial charge on any atom is 0.150 e. The quantitative estimate of drug-likeness (QED) is 0.840. The standard InChI is InChI=1S/C12H15ClN6/c13-11-8-14-9-15-12(11)18-5-1-2-10(3-6-18)19-7-4-16-17-19/h4,7-10H,1-3,5-6H2. The summed E-state index contributed by atoms with van der Waals surface area (Å²) < 4.78 is 1.95. The van der Waals surface area contributed by atoms with Gasteiger partial charge in [-0.2, -0.15) is 0 Å². The van der Waals surface area contributed by atoms with Crippen molar-refractivity contribution in [3.05, 3.63) is 29.9 Å². The van der Waals surface area contributed by atoms with Gasteiger partial charge in [-0.1, -0.05) is 16.8 Å². The van der Waals surface area contributed by atoms with Crippen molar-refractivity contribution in [2.24, 2.45) is 0 Å². The van der Waals surface area contributed by atoms with Crippen LogP contribution in [0, 0.1) is 0 Å². The number of hydrogen-bond donors (Lipinski definition) is 0. The Hall–Kier alpha value is -1.69. The molecule has 0 radical (unpaired) electrons. The molecule has 1 atom stereocenters. The second-order valence-corrected chi connectivity index (χ2v) is 5.06. The lowest BCUT2D eigenvalue weighted by Crippen LogP contribution is -2.25. The van der Waals surface area contributed by atoms with E-state index in [-0.39, 0.29) is 0 Å². The largest absolute Gasteiger partial charge is 0.355 e. The molecule has 7 heteroatoms. The van der Waals surface area contributed by atoms with Gasteiger partial charge in [-0.15, -0.1) is 5.10 Å². The molecule has 0 N–H and O–H groups in total. The Morgan fingerprint density at radius 3 is 3.00 bits per heavy atom. The van der Waals surface area contributed by atoms with E-state index in [1.165, 1.54) is 0 Å². The maximum absolute atomic E-state index is 6.15. The first-order valence-corrected chi connectivity index (χ1v) is 6.78. The van der Waals surface area contributed by atoms with Gasteiger partial charge in [0.15, 0.2) is 5.82 Å². The van der Waals surface area contributed by atoms with E-state index in [0.29, 0.717) is 11.1 Å². The van der Waals surface area contributed by atoms with Gasteiger partial charge in [0.25, 0.3) is 0 Å². The van der Waals surface area contributed by atoms with Gasteiger partial charge < -0.3 is 4.90 Å². The summed E-state index contributed by atoms with van der Waals surface area (Å²) in [5.74, 6) is 0.830. The summed E-state index contributed by atoms with van der Waals surface area (Å²) in [6.07, 6.45) is 10.0. The zero-order chi connectivity index (χ0) is 13.1. The molecule has 0 bridgehead atoms. The monoisotopic (exact) mass is 278 g/mol. The second kappa shape index (κ2) is 5.52. The topological polar surface area (TPSA) is 59.7 Å². The summed E-state index contributed by atoms with van der Waals surface area (Å²) in [7, 11) is 0. The molecular weight excluding hydrogens is 264 g/mol.